The molecule has 14 heteroatoms. The molecule has 2 amide bonds. The van der Waals surface area contributed by atoms with E-state index in [0.29, 0.717) is 56.6 Å². The van der Waals surface area contributed by atoms with Crippen LogP contribution in [0, 0.1) is 27.7 Å². The minimum absolute atomic E-state index is 0.204. The molecule has 426 valence electrons. The van der Waals surface area contributed by atoms with Crippen molar-refractivity contribution in [3.05, 3.63) is 187 Å². The summed E-state index contributed by atoms with van der Waals surface area (Å²) in [5.41, 5.74) is 10.8. The minimum atomic E-state index is -1.34. The molecule has 2 N–H and O–H groups in total. The molecular formula is C70H66N4O10. The minimum Gasteiger partial charge on any atom is -0.457 e. The fourth-order valence-electron chi connectivity index (χ4n) is 15.8. The Kier molecular flexibility index (Phi) is 12.2. The first kappa shape index (κ1) is 53.1. The van der Waals surface area contributed by atoms with E-state index >= 15 is 4.79 Å². The lowest BCUT2D eigenvalue weighted by molar-refractivity contribution is -0.132. The third-order valence-corrected chi connectivity index (χ3v) is 18.4. The molecule has 0 bridgehead atoms. The van der Waals surface area contributed by atoms with Crippen molar-refractivity contribution < 1.29 is 47.7 Å². The molecule has 1 saturated carbocycles. The summed E-state index contributed by atoms with van der Waals surface area (Å²) in [6, 6.07) is 35.4. The maximum atomic E-state index is 15.5. The van der Waals surface area contributed by atoms with Crippen LogP contribution in [0.2, 0.25) is 0 Å². The molecule has 7 aromatic carbocycles. The number of rotatable bonds is 14. The largest absolute Gasteiger partial charge is 0.457 e. The van der Waals surface area contributed by atoms with Gasteiger partial charge in [0.1, 0.15) is 34.5 Å². The Labute approximate surface area is 488 Å². The highest BCUT2D eigenvalue weighted by Crippen LogP contribution is 2.93. The first-order chi connectivity index (χ1) is 40.4. The normalized spacial score (nSPS) is 22.5. The average molecular weight is 1120 g/mol. The van der Waals surface area contributed by atoms with Crippen molar-refractivity contribution in [1.82, 2.24) is 0 Å². The predicted octanol–water partition coefficient (Wildman–Crippen LogP) is 13.5. The van der Waals surface area contributed by atoms with Crippen molar-refractivity contribution in [3.63, 3.8) is 0 Å². The smallest absolute Gasteiger partial charge is 0.339 e. The molecular weight excluding hydrogens is 1060 g/mol. The third kappa shape index (κ3) is 7.91. The molecule has 84 heavy (non-hydrogen) atoms. The molecule has 14 nitrogen and oxygen atoms in total. The van der Waals surface area contributed by atoms with Gasteiger partial charge in [-0.1, -0.05) is 36.4 Å². The number of hydrogen-bond donors (Lipinski definition) is 2. The van der Waals surface area contributed by atoms with Gasteiger partial charge < -0.3 is 44.1 Å². The van der Waals surface area contributed by atoms with Crippen LogP contribution in [0.4, 0.5) is 22.7 Å². The van der Waals surface area contributed by atoms with Gasteiger partial charge in [-0.3, -0.25) is 19.2 Å². The third-order valence-electron chi connectivity index (χ3n) is 18.4. The van der Waals surface area contributed by atoms with E-state index in [0.717, 1.165) is 132 Å². The summed E-state index contributed by atoms with van der Waals surface area (Å²) in [7, 11) is 0. The molecule has 2 saturated heterocycles. The summed E-state index contributed by atoms with van der Waals surface area (Å²) in [5, 5.41) is 6.50. The van der Waals surface area contributed by atoms with Crippen LogP contribution in [0.1, 0.15) is 161 Å². The molecule has 1 spiro atoms. The summed E-state index contributed by atoms with van der Waals surface area (Å²) in [4.78, 5) is 74.6. The highest BCUT2D eigenvalue weighted by molar-refractivity contribution is 6.10. The van der Waals surface area contributed by atoms with Gasteiger partial charge in [0.25, 0.3) is 0 Å². The van der Waals surface area contributed by atoms with Gasteiger partial charge in [0.2, 0.25) is 11.8 Å². The zero-order valence-electron chi connectivity index (χ0n) is 48.6. The number of nitrogens with zero attached hydrogens (tertiary/aromatic N) is 2. The Bertz CT molecular complexity index is 4020. The lowest BCUT2D eigenvalue weighted by atomic mass is 9.56. The van der Waals surface area contributed by atoms with Crippen molar-refractivity contribution >= 4 is 52.5 Å². The molecule has 7 aliphatic rings. The Morgan fingerprint density at radius 1 is 0.500 bits per heavy atom. The van der Waals surface area contributed by atoms with Gasteiger partial charge in [-0.25, -0.2) is 4.79 Å². The average Bonchev–Trinajstić information content (AvgIpc) is 1.39. The number of fused-ring (bicyclic) bond motifs is 4. The molecule has 14 rings (SSSR count). The highest BCUT2D eigenvalue weighted by atomic mass is 16.6. The number of ether oxygens (including phenoxy) is 5. The molecule has 7 aromatic rings. The topological polar surface area (TPSA) is 162 Å². The maximum Gasteiger partial charge on any atom is 0.339 e. The molecule has 0 radical (unpaired) electrons. The summed E-state index contributed by atoms with van der Waals surface area (Å²) in [5.74, 6) is -0.601. The number of carbonyl (C=O) groups is 5. The van der Waals surface area contributed by atoms with E-state index in [4.69, 9.17) is 23.7 Å². The first-order valence-corrected chi connectivity index (χ1v) is 29.4. The SMILES string of the molecule is CC(=O)Nc1cc(N2CCCCC2)ccc1C1(c2ccc(Oc3cc(C)cc(C)c3)cc2OC(C)=O)c2c3c(c4c5c2C2C5(OC4=O)C2(c2ccc(N4CCCCC4)cc2NC(C)=O)c2ccc(Oc4cc(C)cc(C)c4)cc2OC(C)=O)C31. The number of benzene rings is 7. The molecule has 5 unspecified atom stereocenters. The molecule has 3 heterocycles. The predicted molar refractivity (Wildman–Crippen MR) is 320 cm³/mol. The molecule has 4 aliphatic carbocycles. The fourth-order valence-corrected chi connectivity index (χ4v) is 15.8. The van der Waals surface area contributed by atoms with Gasteiger partial charge in [-0.05, 0) is 183 Å². The Balaban J connectivity index is 1.03. The van der Waals surface area contributed by atoms with E-state index in [9.17, 15) is 19.2 Å². The number of carbonyl (C=O) groups excluding carboxylic acids is 5. The Morgan fingerprint density at radius 3 is 1.46 bits per heavy atom. The zero-order valence-corrected chi connectivity index (χ0v) is 48.6. The van der Waals surface area contributed by atoms with Crippen LogP contribution in [0.15, 0.2) is 109 Å². The van der Waals surface area contributed by atoms with Crippen LogP contribution in [-0.4, -0.2) is 55.9 Å². The van der Waals surface area contributed by atoms with Crippen LogP contribution >= 0.6 is 0 Å². The van der Waals surface area contributed by atoms with Crippen molar-refractivity contribution in [2.75, 3.05) is 46.6 Å². The first-order valence-electron chi connectivity index (χ1n) is 29.4. The summed E-state index contributed by atoms with van der Waals surface area (Å²) >= 11 is 0. The summed E-state index contributed by atoms with van der Waals surface area (Å²) in [6.07, 6.45) is 6.42. The monoisotopic (exact) mass is 1120 g/mol. The second kappa shape index (κ2) is 19.3. The van der Waals surface area contributed by atoms with Crippen molar-refractivity contribution in [2.45, 2.75) is 122 Å². The van der Waals surface area contributed by atoms with E-state index < -0.39 is 46.2 Å². The number of aryl methyl sites for hydroxylation is 4. The van der Waals surface area contributed by atoms with Gasteiger partial charge in [0.05, 0.1) is 16.4 Å². The molecule has 3 fully saturated rings. The van der Waals surface area contributed by atoms with E-state index in [1.165, 1.54) is 27.7 Å². The molecule has 0 aromatic heterocycles. The lowest BCUT2D eigenvalue weighted by Gasteiger charge is -2.46. The number of anilines is 4. The van der Waals surface area contributed by atoms with E-state index in [1.54, 1.807) is 12.1 Å². The molecule has 3 aliphatic heterocycles. The van der Waals surface area contributed by atoms with Gasteiger partial charge >= 0.3 is 17.9 Å². The summed E-state index contributed by atoms with van der Waals surface area (Å²) < 4.78 is 32.9. The number of piperidine rings is 2. The van der Waals surface area contributed by atoms with Gasteiger partial charge in [-0.15, -0.1) is 0 Å². The zero-order chi connectivity index (χ0) is 58.3. The van der Waals surface area contributed by atoms with Crippen LogP contribution < -0.4 is 39.4 Å². The maximum absolute atomic E-state index is 15.5. The Hall–Kier alpha value is -8.91. The number of nitrogens with one attached hydrogen (secondary N) is 2. The van der Waals surface area contributed by atoms with Crippen molar-refractivity contribution in [1.29, 1.82) is 0 Å². The number of esters is 3. The number of hydrogen-bond acceptors (Lipinski definition) is 12. The van der Waals surface area contributed by atoms with Gasteiger partial charge in [0, 0.05) is 117 Å². The quantitative estimate of drug-likeness (QED) is 0.0784. The van der Waals surface area contributed by atoms with E-state index in [-0.39, 0.29) is 23.3 Å². The number of amides is 2. The van der Waals surface area contributed by atoms with E-state index in [1.807, 2.05) is 88.4 Å². The lowest BCUT2D eigenvalue weighted by Crippen LogP contribution is -2.41. The van der Waals surface area contributed by atoms with Crippen LogP contribution in [0.25, 0.3) is 0 Å². The van der Waals surface area contributed by atoms with Crippen molar-refractivity contribution in [2.24, 2.45) is 0 Å². The van der Waals surface area contributed by atoms with Gasteiger partial charge in [-0.2, -0.15) is 0 Å². The highest BCUT2D eigenvalue weighted by Gasteiger charge is 2.94. The fraction of sp³-hybridized carbons (Fsp3) is 0.329. The second-order valence-electron chi connectivity index (χ2n) is 24.2. The standard InChI is InChI=1S/C70H66N4O10/c1-37-27-38(2)30-49(29-37)82-47-17-21-53(57(35-47)80-43(7)77)68(51-19-15-45(33-55(51)71-41(5)75)73-23-11-9-12-24-73)63-59-60(63)64(68)62-65-61(59)67(79)84-70(65)66(62)69(70,52-20-16-46(34-56(52)72-42(6)76)74-25-13-10-14-26-74)54-22-18-48(36-58(54)81-44(8)78)83-50-31-39(3)28-40(4)32-50/h15-22,27-36,63,66H,9-14,23-26H2,1-8H3,(H,71,75)(H,72,76). The van der Waals surface area contributed by atoms with Crippen LogP contribution in [-0.2, 0) is 40.3 Å². The van der Waals surface area contributed by atoms with Crippen LogP contribution in [0.5, 0.6) is 34.5 Å². The van der Waals surface area contributed by atoms with Crippen molar-refractivity contribution in [3.8, 4) is 34.5 Å². The Morgan fingerprint density at radius 2 is 0.964 bits per heavy atom. The van der Waals surface area contributed by atoms with E-state index in [2.05, 4.69) is 56.8 Å². The van der Waals surface area contributed by atoms with Crippen LogP contribution in [0.3, 0.4) is 0 Å². The molecule has 5 atom stereocenters. The van der Waals surface area contributed by atoms with Gasteiger partial charge in [0.15, 0.2) is 5.60 Å². The second-order valence-corrected chi connectivity index (χ2v) is 24.2. The summed E-state index contributed by atoms with van der Waals surface area (Å²) in [6.45, 7) is 17.2.